The van der Waals surface area contributed by atoms with Crippen LogP contribution in [0.5, 0.6) is 0 Å². The number of aryl methyl sites for hydroxylation is 1. The molecule has 1 heterocycles. The molecule has 8 nitrogen and oxygen atoms in total. The minimum absolute atomic E-state index is 0.224. The van der Waals surface area contributed by atoms with Crippen LogP contribution < -0.4 is 21.9 Å². The molecule has 3 aromatic rings. The van der Waals surface area contributed by atoms with E-state index in [1.165, 1.54) is 0 Å². The van der Waals surface area contributed by atoms with Crippen LogP contribution in [0.4, 0.5) is 16.2 Å². The molecule has 132 valence electrons. The first-order chi connectivity index (χ1) is 12.4. The van der Waals surface area contributed by atoms with Crippen molar-refractivity contribution in [1.29, 1.82) is 0 Å². The summed E-state index contributed by atoms with van der Waals surface area (Å²) in [7, 11) is 0. The second-order valence-electron chi connectivity index (χ2n) is 5.71. The lowest BCUT2D eigenvalue weighted by molar-refractivity contribution is -0.117. The van der Waals surface area contributed by atoms with Crippen molar-refractivity contribution in [3.05, 3.63) is 64.6 Å². The van der Waals surface area contributed by atoms with Crippen LogP contribution in [0, 0.1) is 6.92 Å². The van der Waals surface area contributed by atoms with E-state index >= 15 is 0 Å². The number of nitrogens with two attached hydrogens (primary N) is 1. The number of amides is 3. The van der Waals surface area contributed by atoms with Crippen molar-refractivity contribution in [2.75, 3.05) is 10.6 Å². The molecule has 1 aromatic heterocycles. The third kappa shape index (κ3) is 3.69. The Bertz CT molecular complexity index is 1060. The summed E-state index contributed by atoms with van der Waals surface area (Å²) in [4.78, 5) is 35.7. The maximum Gasteiger partial charge on any atom is 0.316 e. The van der Waals surface area contributed by atoms with E-state index in [4.69, 9.17) is 5.73 Å². The molecule has 0 saturated carbocycles. The van der Waals surface area contributed by atoms with Crippen molar-refractivity contribution in [2.24, 2.45) is 5.73 Å². The second-order valence-corrected chi connectivity index (χ2v) is 5.71. The van der Waals surface area contributed by atoms with Gasteiger partial charge in [0.05, 0.1) is 11.1 Å². The Balaban J connectivity index is 1.81. The van der Waals surface area contributed by atoms with E-state index in [0.717, 1.165) is 10.1 Å². The lowest BCUT2D eigenvalue weighted by Gasteiger charge is -2.10. The van der Waals surface area contributed by atoms with E-state index in [2.05, 4.69) is 15.7 Å². The van der Waals surface area contributed by atoms with Gasteiger partial charge < -0.3 is 16.4 Å². The van der Waals surface area contributed by atoms with E-state index in [1.54, 1.807) is 43.3 Å². The van der Waals surface area contributed by atoms with Gasteiger partial charge in [-0.2, -0.15) is 5.10 Å². The molecule has 2 aromatic carbocycles. The number of primary amides is 1. The zero-order chi connectivity index (χ0) is 18.7. The summed E-state index contributed by atoms with van der Waals surface area (Å²) in [5.74, 6) is -0.412. The number of carbonyl (C=O) groups is 2. The Morgan fingerprint density at radius 3 is 2.38 bits per heavy atom. The molecule has 0 bridgehead atoms. The number of hydrogen-bond acceptors (Lipinski definition) is 4. The molecule has 0 aliphatic carbocycles. The Hall–Kier alpha value is -3.68. The van der Waals surface area contributed by atoms with E-state index in [1.807, 2.05) is 12.1 Å². The van der Waals surface area contributed by atoms with Gasteiger partial charge in [-0.25, -0.2) is 9.48 Å². The van der Waals surface area contributed by atoms with Crippen LogP contribution in [-0.4, -0.2) is 21.7 Å². The molecule has 3 rings (SSSR count). The molecular weight excluding hydrogens is 334 g/mol. The Morgan fingerprint density at radius 1 is 1.04 bits per heavy atom. The van der Waals surface area contributed by atoms with Gasteiger partial charge in [-0.3, -0.25) is 9.59 Å². The number of rotatable bonds is 4. The van der Waals surface area contributed by atoms with Gasteiger partial charge >= 0.3 is 6.03 Å². The van der Waals surface area contributed by atoms with Gasteiger partial charge in [0, 0.05) is 16.8 Å². The SMILES string of the molecule is Cc1nn(CC(=O)Nc2cccc(NC(N)=O)c2)c(=O)c2ccccc12. The first-order valence-electron chi connectivity index (χ1n) is 7.87. The zero-order valence-electron chi connectivity index (χ0n) is 14.0. The fourth-order valence-electron chi connectivity index (χ4n) is 2.67. The average Bonchev–Trinajstić information content (AvgIpc) is 2.59. The fourth-order valence-corrected chi connectivity index (χ4v) is 2.67. The van der Waals surface area contributed by atoms with E-state index in [-0.39, 0.29) is 12.1 Å². The largest absolute Gasteiger partial charge is 0.351 e. The maximum atomic E-state index is 12.5. The number of aromatic nitrogens is 2. The van der Waals surface area contributed by atoms with Crippen molar-refractivity contribution in [1.82, 2.24) is 9.78 Å². The summed E-state index contributed by atoms with van der Waals surface area (Å²) in [5, 5.41) is 10.6. The van der Waals surface area contributed by atoms with Crippen LogP contribution in [0.2, 0.25) is 0 Å². The van der Waals surface area contributed by atoms with Crippen LogP contribution in [-0.2, 0) is 11.3 Å². The number of carbonyl (C=O) groups excluding carboxylic acids is 2. The molecule has 0 fully saturated rings. The summed E-state index contributed by atoms with van der Waals surface area (Å²) in [6.07, 6.45) is 0. The first-order valence-corrected chi connectivity index (χ1v) is 7.87. The molecule has 0 aliphatic rings. The highest BCUT2D eigenvalue weighted by molar-refractivity contribution is 5.93. The smallest absolute Gasteiger partial charge is 0.316 e. The lowest BCUT2D eigenvalue weighted by Crippen LogP contribution is -2.30. The lowest BCUT2D eigenvalue weighted by atomic mass is 10.1. The Morgan fingerprint density at radius 2 is 1.69 bits per heavy atom. The van der Waals surface area contributed by atoms with Gasteiger partial charge in [0.1, 0.15) is 6.54 Å². The molecular formula is C18H17N5O3. The summed E-state index contributed by atoms with van der Waals surface area (Å²) in [6.45, 7) is 1.56. The van der Waals surface area contributed by atoms with Gasteiger partial charge in [-0.15, -0.1) is 0 Å². The number of fused-ring (bicyclic) bond motifs is 1. The van der Waals surface area contributed by atoms with Crippen LogP contribution in [0.25, 0.3) is 10.8 Å². The van der Waals surface area contributed by atoms with Gasteiger partial charge in [0.2, 0.25) is 5.91 Å². The molecule has 0 spiro atoms. The number of urea groups is 1. The normalized spacial score (nSPS) is 10.5. The number of benzene rings is 2. The van der Waals surface area contributed by atoms with E-state index in [0.29, 0.717) is 22.5 Å². The van der Waals surface area contributed by atoms with E-state index in [9.17, 15) is 14.4 Å². The Kier molecular flexibility index (Phi) is 4.66. The van der Waals surface area contributed by atoms with Gasteiger partial charge in [0.15, 0.2) is 0 Å². The number of nitrogens with zero attached hydrogens (tertiary/aromatic N) is 2. The molecule has 0 unspecified atom stereocenters. The molecule has 26 heavy (non-hydrogen) atoms. The average molecular weight is 351 g/mol. The number of anilines is 2. The summed E-state index contributed by atoms with van der Waals surface area (Å²) >= 11 is 0. The van der Waals surface area contributed by atoms with Gasteiger partial charge in [0.25, 0.3) is 5.56 Å². The molecule has 8 heteroatoms. The molecule has 3 amide bonds. The second kappa shape index (κ2) is 7.06. The van der Waals surface area contributed by atoms with Gasteiger partial charge in [-0.1, -0.05) is 24.3 Å². The monoisotopic (exact) mass is 351 g/mol. The van der Waals surface area contributed by atoms with Crippen LogP contribution >= 0.6 is 0 Å². The number of hydrogen-bond donors (Lipinski definition) is 3. The molecule has 0 saturated heterocycles. The maximum absolute atomic E-state index is 12.5. The highest BCUT2D eigenvalue weighted by atomic mass is 16.2. The summed E-state index contributed by atoms with van der Waals surface area (Å²) < 4.78 is 1.14. The highest BCUT2D eigenvalue weighted by Crippen LogP contribution is 2.15. The minimum Gasteiger partial charge on any atom is -0.351 e. The van der Waals surface area contributed by atoms with Crippen LogP contribution in [0.3, 0.4) is 0 Å². The third-order valence-corrected chi connectivity index (χ3v) is 3.76. The quantitative estimate of drug-likeness (QED) is 0.664. The van der Waals surface area contributed by atoms with Crippen molar-refractivity contribution in [3.8, 4) is 0 Å². The molecule has 4 N–H and O–H groups in total. The van der Waals surface area contributed by atoms with Crippen molar-refractivity contribution in [3.63, 3.8) is 0 Å². The first kappa shape index (κ1) is 17.2. The van der Waals surface area contributed by atoms with Gasteiger partial charge in [-0.05, 0) is 31.2 Å². The van der Waals surface area contributed by atoms with E-state index < -0.39 is 11.9 Å². The van der Waals surface area contributed by atoms with Crippen molar-refractivity contribution >= 4 is 34.1 Å². The van der Waals surface area contributed by atoms with Crippen LogP contribution in [0.1, 0.15) is 5.69 Å². The highest BCUT2D eigenvalue weighted by Gasteiger charge is 2.11. The minimum atomic E-state index is -0.698. The summed E-state index contributed by atoms with van der Waals surface area (Å²) in [6, 6.07) is 12.9. The zero-order valence-corrected chi connectivity index (χ0v) is 14.0. The predicted octanol–water partition coefficient (Wildman–Crippen LogP) is 1.83. The van der Waals surface area contributed by atoms with Crippen LogP contribution in [0.15, 0.2) is 53.3 Å². The molecule has 0 radical (unpaired) electrons. The van der Waals surface area contributed by atoms with Crippen molar-refractivity contribution in [2.45, 2.75) is 13.5 Å². The number of nitrogens with one attached hydrogen (secondary N) is 2. The summed E-state index contributed by atoms with van der Waals surface area (Å²) in [5.41, 5.74) is 6.33. The predicted molar refractivity (Wildman–Crippen MR) is 99.0 cm³/mol. The Labute approximate surface area is 148 Å². The standard InChI is InChI=1S/C18H17N5O3/c1-11-14-7-2-3-8-15(14)17(25)23(22-11)10-16(24)20-12-5-4-6-13(9-12)21-18(19)26/h2-9H,10H2,1H3,(H,20,24)(H3,19,21,26). The van der Waals surface area contributed by atoms with Crippen molar-refractivity contribution < 1.29 is 9.59 Å². The third-order valence-electron chi connectivity index (χ3n) is 3.76. The topological polar surface area (TPSA) is 119 Å². The molecule has 0 aliphatic heterocycles. The fraction of sp³-hybridized carbons (Fsp3) is 0.111. The molecule has 0 atom stereocenters.